The van der Waals surface area contributed by atoms with E-state index in [1.54, 1.807) is 28.2 Å². The number of carbonyl (C=O) groups excluding carboxylic acids is 12. The fraction of sp³-hybridized carbons (Fsp3) is 0.852. The normalized spacial score (nSPS) is 13.6. The quantitative estimate of drug-likeness (QED) is 0.0311. The van der Waals surface area contributed by atoms with Crippen molar-refractivity contribution in [2.75, 3.05) is 135 Å². The van der Waals surface area contributed by atoms with E-state index in [-0.39, 0.29) is 157 Å². The van der Waals surface area contributed by atoms with Gasteiger partial charge in [0.1, 0.15) is 23.1 Å². The summed E-state index contributed by atoms with van der Waals surface area (Å²) in [6.45, 7) is 17.7. The van der Waals surface area contributed by atoms with Gasteiger partial charge >= 0.3 is 0 Å². The first kappa shape index (κ1) is 107. The van der Waals surface area contributed by atoms with Gasteiger partial charge in [0, 0.05) is 107 Å². The number of unbranched alkanes of at least 4 members (excludes halogenated alkanes) is 10. The number of Topliss-reactive ketones (excluding diaryl/α,β-unsaturated/α-hetero) is 6. The highest BCUT2D eigenvalue weighted by Gasteiger charge is 2.29. The van der Waals surface area contributed by atoms with Crippen molar-refractivity contribution in [3.63, 3.8) is 0 Å². The third kappa shape index (κ3) is 61.2. The zero-order valence-corrected chi connectivity index (χ0v) is 70.4. The van der Waals surface area contributed by atoms with Crippen LogP contribution < -0.4 is 79.8 Å². The molecule has 0 aromatic rings. The van der Waals surface area contributed by atoms with Crippen LogP contribution in [0.3, 0.4) is 0 Å². The molecule has 0 unspecified atom stereocenters. The van der Waals surface area contributed by atoms with Crippen molar-refractivity contribution in [3.8, 4) is 0 Å². The molecule has 0 aliphatic rings. The van der Waals surface area contributed by atoms with E-state index >= 15 is 0 Å². The maximum Gasteiger partial charge on any atom is 0.237 e. The van der Waals surface area contributed by atoms with E-state index in [0.29, 0.717) is 51.9 Å². The lowest BCUT2D eigenvalue weighted by atomic mass is 9.88. The van der Waals surface area contributed by atoms with Gasteiger partial charge in [0.05, 0.1) is 24.2 Å². The zero-order valence-electron chi connectivity index (χ0n) is 70.4. The Kier molecular flexibility index (Phi) is 73.3. The predicted molar refractivity (Wildman–Crippen MR) is 438 cm³/mol. The van der Waals surface area contributed by atoms with E-state index in [1.165, 1.54) is 20.8 Å². The second-order valence-electron chi connectivity index (χ2n) is 29.4. The Balaban J connectivity index is -0.00000153. The minimum absolute atomic E-state index is 0.00389. The monoisotopic (exact) mass is 1530 g/mol. The minimum atomic E-state index is -0.444. The molecule has 0 aliphatic carbocycles. The fourth-order valence-corrected chi connectivity index (χ4v) is 12.4. The van der Waals surface area contributed by atoms with Crippen molar-refractivity contribution in [2.45, 2.75) is 284 Å². The van der Waals surface area contributed by atoms with Gasteiger partial charge in [-0.1, -0.05) is 91.4 Å². The molecule has 0 aromatic carbocycles. The number of hydrogen-bond acceptors (Lipinski definition) is 21. The molecular weight excluding hydrogens is 1370 g/mol. The summed E-state index contributed by atoms with van der Waals surface area (Å²) in [5.74, 6) is -1.45. The van der Waals surface area contributed by atoms with Crippen LogP contribution in [0, 0.1) is 29.6 Å². The van der Waals surface area contributed by atoms with Gasteiger partial charge in [0.25, 0.3) is 0 Å². The first-order valence-corrected chi connectivity index (χ1v) is 41.5. The topological polar surface area (TPSA) is 385 Å². The molecule has 27 heteroatoms. The summed E-state index contributed by atoms with van der Waals surface area (Å²) in [4.78, 5) is 148. The van der Waals surface area contributed by atoms with Gasteiger partial charge in [-0.25, -0.2) is 0 Å². The second-order valence-corrected chi connectivity index (χ2v) is 29.4. The van der Waals surface area contributed by atoms with E-state index in [0.717, 1.165) is 193 Å². The van der Waals surface area contributed by atoms with Gasteiger partial charge in [-0.05, 0) is 226 Å². The van der Waals surface area contributed by atoms with Crippen LogP contribution in [0.5, 0.6) is 0 Å². The van der Waals surface area contributed by atoms with Crippen molar-refractivity contribution < 1.29 is 57.5 Å². The van der Waals surface area contributed by atoms with Crippen LogP contribution >= 0.6 is 0 Å². The van der Waals surface area contributed by atoms with Crippen LogP contribution in [-0.4, -0.2) is 230 Å². The summed E-state index contributed by atoms with van der Waals surface area (Å²) in [6, 6.07) is -0.952. The molecule has 0 aromatic heterocycles. The van der Waals surface area contributed by atoms with E-state index in [1.807, 2.05) is 49.1 Å². The summed E-state index contributed by atoms with van der Waals surface area (Å²) >= 11 is 0. The van der Waals surface area contributed by atoms with Crippen LogP contribution in [0.2, 0.25) is 0 Å². The highest BCUT2D eigenvalue weighted by atomic mass is 16.2. The Morgan fingerprint density at radius 2 is 0.481 bits per heavy atom. The first-order chi connectivity index (χ1) is 51.8. The third-order valence-corrected chi connectivity index (χ3v) is 19.7. The molecule has 0 saturated heterocycles. The number of ketones is 6. The molecule has 0 rings (SSSR count). The van der Waals surface area contributed by atoms with Crippen LogP contribution in [0.25, 0.3) is 0 Å². The molecule has 108 heavy (non-hydrogen) atoms. The highest BCUT2D eigenvalue weighted by Crippen LogP contribution is 2.22. The standard InChI is InChI=1S/2C27H54N6O4.C27H51N3O4/c2*1-21(34)15-19-33-26(36)22(20-25(35)23(30-4)13-7-9-16-28-2)12-6-11-18-32-27(37)24(31-5)14-8-10-17-29-3;1-6-7-8-14-22(3)26(33)29-18-12-10-15-24(27(34)30-19-16-23(4)31)20-25(32)21(2)13-9-11-17-28-5/h2*22-24,28-31H,6-20H2,1-5H3,(H,32,37)(H,33,36);21-22,24,28H,6-20H2,1-5H3,(H,29,33)(H,30,34)/t2*22-,23+,24+;21-,22-,24+/m110/s1. The Hall–Kier alpha value is -5.52. The van der Waals surface area contributed by atoms with E-state index in [4.69, 9.17) is 0 Å². The zero-order chi connectivity index (χ0) is 81.6. The van der Waals surface area contributed by atoms with Crippen molar-refractivity contribution >= 4 is 70.1 Å². The van der Waals surface area contributed by atoms with Gasteiger partial charge in [0.15, 0.2) is 11.6 Å². The molecule has 0 aliphatic heterocycles. The Bertz CT molecular complexity index is 2280. The smallest absolute Gasteiger partial charge is 0.237 e. The summed E-state index contributed by atoms with van der Waals surface area (Å²) < 4.78 is 0. The Morgan fingerprint density at radius 3 is 0.769 bits per heavy atom. The largest absolute Gasteiger partial charge is 0.356 e. The molecule has 0 saturated carbocycles. The molecule has 9 atom stereocenters. The molecule has 6 amide bonds. The number of hydrogen-bond donors (Lipinski definition) is 15. The lowest BCUT2D eigenvalue weighted by Crippen LogP contribution is -2.43. The van der Waals surface area contributed by atoms with Crippen LogP contribution in [-0.2, 0) is 57.5 Å². The fourth-order valence-electron chi connectivity index (χ4n) is 12.4. The number of rotatable bonds is 72. The van der Waals surface area contributed by atoms with Crippen LogP contribution in [0.4, 0.5) is 0 Å². The van der Waals surface area contributed by atoms with Gasteiger partial charge in [-0.2, -0.15) is 0 Å². The maximum absolute atomic E-state index is 13.0. The second kappa shape index (κ2) is 74.2. The lowest BCUT2D eigenvalue weighted by molar-refractivity contribution is -0.131. The molecule has 0 heterocycles. The van der Waals surface area contributed by atoms with Gasteiger partial charge in [0.2, 0.25) is 35.4 Å². The summed E-state index contributed by atoms with van der Waals surface area (Å²) in [6.07, 6.45) is 25.6. The molecule has 0 radical (unpaired) electrons. The lowest BCUT2D eigenvalue weighted by Gasteiger charge is -2.20. The van der Waals surface area contributed by atoms with Crippen molar-refractivity contribution in [3.05, 3.63) is 0 Å². The third-order valence-electron chi connectivity index (χ3n) is 19.7. The summed E-state index contributed by atoms with van der Waals surface area (Å²) in [5, 5.41) is 45.4. The average molecular weight is 1540 g/mol. The van der Waals surface area contributed by atoms with Crippen LogP contribution in [0.1, 0.15) is 260 Å². The van der Waals surface area contributed by atoms with Gasteiger partial charge < -0.3 is 79.8 Å². The van der Waals surface area contributed by atoms with E-state index in [2.05, 4.69) is 86.7 Å². The van der Waals surface area contributed by atoms with Crippen LogP contribution in [0.15, 0.2) is 0 Å². The van der Waals surface area contributed by atoms with Crippen molar-refractivity contribution in [2.24, 2.45) is 29.6 Å². The van der Waals surface area contributed by atoms with Crippen molar-refractivity contribution in [1.82, 2.24) is 79.8 Å². The number of carbonyl (C=O) groups is 12. The molecule has 27 nitrogen and oxygen atoms in total. The molecule has 0 fully saturated rings. The van der Waals surface area contributed by atoms with Gasteiger partial charge in [-0.15, -0.1) is 0 Å². The highest BCUT2D eigenvalue weighted by molar-refractivity contribution is 5.91. The molecule has 15 N–H and O–H groups in total. The molecule has 630 valence electrons. The number of likely N-dealkylation sites (N-methyl/N-ethyl adjacent to an activating group) is 4. The van der Waals surface area contributed by atoms with E-state index < -0.39 is 11.8 Å². The van der Waals surface area contributed by atoms with E-state index in [9.17, 15) is 57.5 Å². The predicted octanol–water partition coefficient (Wildman–Crippen LogP) is 5.98. The molecular formula is C81H159N15O12. The van der Waals surface area contributed by atoms with Gasteiger partial charge in [-0.3, -0.25) is 57.5 Å². The average Bonchev–Trinajstić information content (AvgIpc) is 0.911. The SMILES string of the molecule is CCCCC[C@H](C)C(=O)NCCCC[C@H](CC(=O)[C@@H](C)CCCCNC)C(=O)NCCC(C)=O.CNCCCC[C@H](NC)C(=O)C[C@@H](CCCCNC(=O)[C@H](CCCCNC)NC)C(=O)NCCC(C)=O.CNCCCC[C@H](NC)C(=O)C[C@@H](CCCCNC(=O)[C@H](CCCCNC)NC)C(=O)NCCC(C)=O. The Morgan fingerprint density at radius 1 is 0.241 bits per heavy atom. The Labute approximate surface area is 653 Å². The summed E-state index contributed by atoms with van der Waals surface area (Å²) in [7, 11) is 16.7. The molecule has 0 spiro atoms. The first-order valence-electron chi connectivity index (χ1n) is 41.5. The summed E-state index contributed by atoms with van der Waals surface area (Å²) in [5.41, 5.74) is 0. The maximum atomic E-state index is 13.0. The number of nitrogens with one attached hydrogen (secondary N) is 15. The molecule has 0 bridgehead atoms. The number of amides is 6. The van der Waals surface area contributed by atoms with Crippen molar-refractivity contribution in [1.29, 1.82) is 0 Å². The minimum Gasteiger partial charge on any atom is -0.356 e.